The molecule has 0 saturated heterocycles. The van der Waals surface area contributed by atoms with Crippen molar-refractivity contribution >= 4 is 5.97 Å². The van der Waals surface area contributed by atoms with Crippen molar-refractivity contribution in [3.8, 4) is 0 Å². The van der Waals surface area contributed by atoms with Gasteiger partial charge in [0.2, 0.25) is 0 Å². The predicted molar refractivity (Wildman–Crippen MR) is 59.4 cm³/mol. The maximum Gasteiger partial charge on any atom is 0.303 e. The Kier molecular flexibility index (Phi) is 8.30. The number of hydrogen-bond donors (Lipinski definition) is 1. The van der Waals surface area contributed by atoms with Crippen LogP contribution in [0.2, 0.25) is 0 Å². The molecule has 0 aromatic rings. The summed E-state index contributed by atoms with van der Waals surface area (Å²) in [7, 11) is 0. The standard InChI is InChI=1S/C12H22O2/c1-3-5-6-7-8-11(4-2)9-10-12(13)14/h8H,3-7,9-10H2,1-2H3,(H,13,14). The summed E-state index contributed by atoms with van der Waals surface area (Å²) in [6.45, 7) is 4.28. The Hall–Kier alpha value is -0.790. The third-order valence-corrected chi connectivity index (χ3v) is 2.35. The van der Waals surface area contributed by atoms with Crippen molar-refractivity contribution in [3.05, 3.63) is 11.6 Å². The summed E-state index contributed by atoms with van der Waals surface area (Å²) >= 11 is 0. The molecule has 82 valence electrons. The number of hydrogen-bond acceptors (Lipinski definition) is 1. The smallest absolute Gasteiger partial charge is 0.303 e. The van der Waals surface area contributed by atoms with Crippen LogP contribution in [0.5, 0.6) is 0 Å². The van der Waals surface area contributed by atoms with Gasteiger partial charge in [0, 0.05) is 6.42 Å². The Labute approximate surface area is 87.0 Å². The minimum atomic E-state index is -0.696. The van der Waals surface area contributed by atoms with Crippen molar-refractivity contribution in [2.45, 2.75) is 58.8 Å². The molecule has 0 aliphatic carbocycles. The number of carboxylic acid groups (broad SMARTS) is 1. The SMILES string of the molecule is CCCCCC=C(CC)CCC(=O)O. The fourth-order valence-electron chi connectivity index (χ4n) is 1.39. The molecule has 2 heteroatoms. The Bertz CT molecular complexity index is 183. The third kappa shape index (κ3) is 7.84. The van der Waals surface area contributed by atoms with E-state index in [1.807, 2.05) is 0 Å². The zero-order valence-electron chi connectivity index (χ0n) is 9.38. The molecule has 0 unspecified atom stereocenters. The summed E-state index contributed by atoms with van der Waals surface area (Å²) in [6.07, 6.45) is 9.05. The highest BCUT2D eigenvalue weighted by Crippen LogP contribution is 2.12. The lowest BCUT2D eigenvalue weighted by Gasteiger charge is -2.02. The van der Waals surface area contributed by atoms with Crippen molar-refractivity contribution < 1.29 is 9.90 Å². The summed E-state index contributed by atoms with van der Waals surface area (Å²) in [5, 5.41) is 8.54. The summed E-state index contributed by atoms with van der Waals surface area (Å²) < 4.78 is 0. The summed E-state index contributed by atoms with van der Waals surface area (Å²) in [5.74, 6) is -0.696. The Morgan fingerprint density at radius 3 is 2.43 bits per heavy atom. The van der Waals surface area contributed by atoms with Gasteiger partial charge in [-0.05, 0) is 25.7 Å². The first kappa shape index (κ1) is 13.2. The molecule has 0 heterocycles. The van der Waals surface area contributed by atoms with Gasteiger partial charge in [-0.25, -0.2) is 0 Å². The van der Waals surface area contributed by atoms with E-state index in [0.717, 1.165) is 19.3 Å². The van der Waals surface area contributed by atoms with Crippen LogP contribution in [-0.4, -0.2) is 11.1 Å². The molecule has 0 bridgehead atoms. The van der Waals surface area contributed by atoms with E-state index in [9.17, 15) is 4.79 Å². The molecule has 2 nitrogen and oxygen atoms in total. The molecular weight excluding hydrogens is 176 g/mol. The molecule has 0 rings (SSSR count). The van der Waals surface area contributed by atoms with Gasteiger partial charge in [0.15, 0.2) is 0 Å². The van der Waals surface area contributed by atoms with Crippen molar-refractivity contribution in [1.82, 2.24) is 0 Å². The largest absolute Gasteiger partial charge is 0.481 e. The zero-order chi connectivity index (χ0) is 10.8. The third-order valence-electron chi connectivity index (χ3n) is 2.35. The normalized spacial score (nSPS) is 11.7. The van der Waals surface area contributed by atoms with Gasteiger partial charge in [0.25, 0.3) is 0 Å². The van der Waals surface area contributed by atoms with E-state index in [1.54, 1.807) is 0 Å². The maximum atomic E-state index is 10.4. The van der Waals surface area contributed by atoms with Crippen molar-refractivity contribution in [2.75, 3.05) is 0 Å². The van der Waals surface area contributed by atoms with Gasteiger partial charge in [-0.1, -0.05) is 38.3 Å². The second kappa shape index (κ2) is 8.79. The monoisotopic (exact) mass is 198 g/mol. The molecule has 0 fully saturated rings. The fourth-order valence-corrected chi connectivity index (χ4v) is 1.39. The van der Waals surface area contributed by atoms with E-state index in [2.05, 4.69) is 19.9 Å². The van der Waals surface area contributed by atoms with E-state index < -0.39 is 5.97 Å². The van der Waals surface area contributed by atoms with E-state index in [0.29, 0.717) is 0 Å². The number of aliphatic carboxylic acids is 1. The average Bonchev–Trinajstić information content (AvgIpc) is 2.16. The topological polar surface area (TPSA) is 37.3 Å². The first-order chi connectivity index (χ1) is 6.70. The lowest BCUT2D eigenvalue weighted by Crippen LogP contribution is -1.95. The molecule has 1 N–H and O–H groups in total. The van der Waals surface area contributed by atoms with Crippen molar-refractivity contribution in [2.24, 2.45) is 0 Å². The first-order valence-corrected chi connectivity index (χ1v) is 5.60. The molecule has 0 amide bonds. The van der Waals surface area contributed by atoms with Gasteiger partial charge >= 0.3 is 5.97 Å². The van der Waals surface area contributed by atoms with Gasteiger partial charge in [0.1, 0.15) is 0 Å². The lowest BCUT2D eigenvalue weighted by atomic mass is 10.0. The van der Waals surface area contributed by atoms with Crippen LogP contribution in [0.4, 0.5) is 0 Å². The second-order valence-corrected chi connectivity index (χ2v) is 3.61. The molecular formula is C12H22O2. The number of carbonyl (C=O) groups is 1. The van der Waals surface area contributed by atoms with E-state index >= 15 is 0 Å². The molecule has 14 heavy (non-hydrogen) atoms. The first-order valence-electron chi connectivity index (χ1n) is 5.60. The van der Waals surface area contributed by atoms with Crippen molar-refractivity contribution in [3.63, 3.8) is 0 Å². The molecule has 0 aliphatic rings. The van der Waals surface area contributed by atoms with Gasteiger partial charge in [-0.2, -0.15) is 0 Å². The second-order valence-electron chi connectivity index (χ2n) is 3.61. The van der Waals surface area contributed by atoms with Crippen LogP contribution >= 0.6 is 0 Å². The number of allylic oxidation sites excluding steroid dienone is 2. The van der Waals surface area contributed by atoms with Gasteiger partial charge in [0.05, 0.1) is 0 Å². The number of carboxylic acids is 1. The highest BCUT2D eigenvalue weighted by atomic mass is 16.4. The zero-order valence-corrected chi connectivity index (χ0v) is 9.38. The number of rotatable bonds is 8. The van der Waals surface area contributed by atoms with Crippen LogP contribution in [-0.2, 0) is 4.79 Å². The summed E-state index contributed by atoms with van der Waals surface area (Å²) in [4.78, 5) is 10.4. The van der Waals surface area contributed by atoms with Gasteiger partial charge in [-0.15, -0.1) is 0 Å². The van der Waals surface area contributed by atoms with Crippen LogP contribution in [0.15, 0.2) is 11.6 Å². The minimum absolute atomic E-state index is 0.271. The predicted octanol–water partition coefficient (Wildman–Crippen LogP) is 3.77. The van der Waals surface area contributed by atoms with Crippen LogP contribution in [0.3, 0.4) is 0 Å². The molecule has 0 atom stereocenters. The minimum Gasteiger partial charge on any atom is -0.481 e. The molecule has 0 aromatic heterocycles. The van der Waals surface area contributed by atoms with Crippen LogP contribution in [0.25, 0.3) is 0 Å². The van der Waals surface area contributed by atoms with E-state index in [-0.39, 0.29) is 6.42 Å². The van der Waals surface area contributed by atoms with Crippen LogP contribution < -0.4 is 0 Å². The van der Waals surface area contributed by atoms with Gasteiger partial charge in [-0.3, -0.25) is 4.79 Å². The molecule has 0 aromatic carbocycles. The molecule has 0 spiro atoms. The molecule has 0 radical (unpaired) electrons. The average molecular weight is 198 g/mol. The Morgan fingerprint density at radius 1 is 1.21 bits per heavy atom. The molecule has 0 saturated carbocycles. The Balaban J connectivity index is 3.69. The summed E-state index contributed by atoms with van der Waals surface area (Å²) in [6, 6.07) is 0. The quantitative estimate of drug-likeness (QED) is 0.476. The lowest BCUT2D eigenvalue weighted by molar-refractivity contribution is -0.136. The molecule has 0 aliphatic heterocycles. The maximum absolute atomic E-state index is 10.4. The van der Waals surface area contributed by atoms with E-state index in [4.69, 9.17) is 5.11 Å². The fraction of sp³-hybridized carbons (Fsp3) is 0.750. The number of unbranched alkanes of at least 4 members (excludes halogenated alkanes) is 3. The van der Waals surface area contributed by atoms with Crippen molar-refractivity contribution in [1.29, 1.82) is 0 Å². The van der Waals surface area contributed by atoms with E-state index in [1.165, 1.54) is 24.8 Å². The highest BCUT2D eigenvalue weighted by molar-refractivity contribution is 5.67. The highest BCUT2D eigenvalue weighted by Gasteiger charge is 1.99. The summed E-state index contributed by atoms with van der Waals surface area (Å²) in [5.41, 5.74) is 1.29. The Morgan fingerprint density at radius 2 is 1.93 bits per heavy atom. The van der Waals surface area contributed by atoms with Gasteiger partial charge < -0.3 is 5.11 Å². The van der Waals surface area contributed by atoms with Crippen LogP contribution in [0, 0.1) is 0 Å². The van der Waals surface area contributed by atoms with Crippen LogP contribution in [0.1, 0.15) is 58.8 Å².